The van der Waals surface area contributed by atoms with Crippen molar-refractivity contribution in [3.05, 3.63) is 59.4 Å². The number of imidazole rings is 2. The summed E-state index contributed by atoms with van der Waals surface area (Å²) in [5.41, 5.74) is 8.74. The lowest BCUT2D eigenvalue weighted by atomic mass is 9.87. The van der Waals surface area contributed by atoms with Crippen LogP contribution in [0.15, 0.2) is 36.7 Å². The quantitative estimate of drug-likeness (QED) is 0.409. The number of H-pyrrole nitrogens is 2. The number of aromatic amines is 2. The first-order chi connectivity index (χ1) is 15.5. The summed E-state index contributed by atoms with van der Waals surface area (Å²) in [4.78, 5) is 15.9. The van der Waals surface area contributed by atoms with Crippen LogP contribution in [0.2, 0.25) is 0 Å². The predicted octanol–water partition coefficient (Wildman–Crippen LogP) is 6.17. The van der Waals surface area contributed by atoms with Crippen molar-refractivity contribution < 1.29 is 9.47 Å². The van der Waals surface area contributed by atoms with Gasteiger partial charge >= 0.3 is 0 Å². The van der Waals surface area contributed by atoms with Crippen LogP contribution >= 0.6 is 0 Å². The molecule has 0 aliphatic carbocycles. The van der Waals surface area contributed by atoms with Crippen molar-refractivity contribution in [3.8, 4) is 45.1 Å². The lowest BCUT2D eigenvalue weighted by Crippen LogP contribution is -2.15. The standard InChI is InChI=1S/C26H26N4O2/c1-13(2)25-27-9-19(29-25)15-5-17-11-32-22-8-16(20-10-28-26(30-20)14(3)4)6-18-12-31-21(7-15)23(17)24(18)22/h5-10,13-14H,11-12H2,1-4H3,(H,27,29)(H,28,30). The molecule has 2 aliphatic heterocycles. The molecule has 0 atom stereocenters. The molecular formula is C26H26N4O2. The summed E-state index contributed by atoms with van der Waals surface area (Å²) in [6.45, 7) is 9.57. The van der Waals surface area contributed by atoms with E-state index in [0.29, 0.717) is 25.0 Å². The number of aromatic nitrogens is 4. The lowest BCUT2D eigenvalue weighted by molar-refractivity contribution is 0.278. The molecule has 4 heterocycles. The van der Waals surface area contributed by atoms with Crippen LogP contribution in [0.25, 0.3) is 33.6 Å². The van der Waals surface area contributed by atoms with Crippen LogP contribution in [0.3, 0.4) is 0 Å². The van der Waals surface area contributed by atoms with Crippen molar-refractivity contribution in [2.24, 2.45) is 0 Å². The molecule has 2 aliphatic rings. The summed E-state index contributed by atoms with van der Waals surface area (Å²) < 4.78 is 12.5. The van der Waals surface area contributed by atoms with Crippen molar-refractivity contribution in [2.45, 2.75) is 52.7 Å². The Bertz CT molecular complexity index is 1190. The Labute approximate surface area is 187 Å². The molecule has 0 fully saturated rings. The van der Waals surface area contributed by atoms with Crippen LogP contribution in [0, 0.1) is 0 Å². The van der Waals surface area contributed by atoms with Crippen molar-refractivity contribution in [1.29, 1.82) is 0 Å². The van der Waals surface area contributed by atoms with Crippen molar-refractivity contribution in [1.82, 2.24) is 19.9 Å². The number of ether oxygens (including phenoxy) is 2. The molecule has 4 aromatic rings. The fraction of sp³-hybridized carbons (Fsp3) is 0.308. The SMILES string of the molecule is CC(C)c1ncc(-c2cc3c4c(c2)OCc2cc(-c5cnc(C(C)C)[nH]5)cc(c2-4)OC3)[nH]1. The van der Waals surface area contributed by atoms with Gasteiger partial charge in [0.15, 0.2) is 0 Å². The first-order valence-electron chi connectivity index (χ1n) is 11.2. The van der Waals surface area contributed by atoms with Gasteiger partial charge in [0, 0.05) is 45.2 Å². The zero-order chi connectivity index (χ0) is 22.0. The van der Waals surface area contributed by atoms with E-state index in [4.69, 9.17) is 9.47 Å². The molecule has 0 bridgehead atoms. The summed E-state index contributed by atoms with van der Waals surface area (Å²) in [6.07, 6.45) is 3.80. The second-order valence-electron chi connectivity index (χ2n) is 9.27. The Morgan fingerprint density at radius 2 is 1.12 bits per heavy atom. The van der Waals surface area contributed by atoms with Gasteiger partial charge in [-0.05, 0) is 24.3 Å². The highest BCUT2D eigenvalue weighted by Gasteiger charge is 2.30. The number of hydrogen-bond donors (Lipinski definition) is 2. The van der Waals surface area contributed by atoms with Gasteiger partial charge in [-0.1, -0.05) is 27.7 Å². The van der Waals surface area contributed by atoms with Gasteiger partial charge in [0.2, 0.25) is 0 Å². The molecule has 0 unspecified atom stereocenters. The largest absolute Gasteiger partial charge is 0.488 e. The number of nitrogens with one attached hydrogen (secondary N) is 2. The Morgan fingerprint density at radius 3 is 1.50 bits per heavy atom. The van der Waals surface area contributed by atoms with E-state index < -0.39 is 0 Å². The fourth-order valence-electron chi connectivity index (χ4n) is 4.54. The van der Waals surface area contributed by atoms with Crippen molar-refractivity contribution in [3.63, 3.8) is 0 Å². The highest BCUT2D eigenvalue weighted by atomic mass is 16.5. The first kappa shape index (κ1) is 19.2. The molecule has 162 valence electrons. The topological polar surface area (TPSA) is 75.8 Å². The average molecular weight is 427 g/mol. The smallest absolute Gasteiger partial charge is 0.128 e. The van der Waals surface area contributed by atoms with Crippen molar-refractivity contribution >= 4 is 0 Å². The molecule has 0 amide bonds. The number of hydrogen-bond acceptors (Lipinski definition) is 4. The molecule has 2 N–H and O–H groups in total. The summed E-state index contributed by atoms with van der Waals surface area (Å²) in [5.74, 6) is 4.51. The molecule has 2 aromatic heterocycles. The van der Waals surface area contributed by atoms with E-state index in [1.165, 1.54) is 0 Å². The third kappa shape index (κ3) is 2.93. The van der Waals surface area contributed by atoms with Gasteiger partial charge in [0.1, 0.15) is 36.4 Å². The maximum absolute atomic E-state index is 6.25. The van der Waals surface area contributed by atoms with Gasteiger partial charge in [-0.25, -0.2) is 9.97 Å². The molecule has 6 heteroatoms. The van der Waals surface area contributed by atoms with E-state index in [2.05, 4.69) is 71.9 Å². The van der Waals surface area contributed by atoms with E-state index in [9.17, 15) is 0 Å². The molecule has 6 rings (SSSR count). The zero-order valence-electron chi connectivity index (χ0n) is 18.7. The molecule has 32 heavy (non-hydrogen) atoms. The molecule has 0 saturated carbocycles. The second kappa shape index (κ2) is 6.99. The minimum Gasteiger partial charge on any atom is -0.488 e. The van der Waals surface area contributed by atoms with E-state index in [0.717, 1.165) is 67.9 Å². The minimum atomic E-state index is 0.356. The van der Waals surface area contributed by atoms with Gasteiger partial charge < -0.3 is 19.4 Å². The third-order valence-corrected chi connectivity index (χ3v) is 6.29. The monoisotopic (exact) mass is 426 g/mol. The van der Waals surface area contributed by atoms with E-state index in [1.54, 1.807) is 0 Å². The van der Waals surface area contributed by atoms with E-state index in [1.807, 2.05) is 12.4 Å². The van der Waals surface area contributed by atoms with Gasteiger partial charge in [0.05, 0.1) is 23.8 Å². The number of benzene rings is 2. The third-order valence-electron chi connectivity index (χ3n) is 6.29. The van der Waals surface area contributed by atoms with Crippen LogP contribution in [0.4, 0.5) is 0 Å². The molecule has 0 spiro atoms. The maximum atomic E-state index is 6.25. The highest BCUT2D eigenvalue weighted by Crippen LogP contribution is 2.50. The molecule has 6 nitrogen and oxygen atoms in total. The zero-order valence-corrected chi connectivity index (χ0v) is 18.7. The molecule has 0 radical (unpaired) electrons. The van der Waals surface area contributed by atoms with Crippen LogP contribution < -0.4 is 9.47 Å². The summed E-state index contributed by atoms with van der Waals surface area (Å²) >= 11 is 0. The van der Waals surface area contributed by atoms with E-state index in [-0.39, 0.29) is 0 Å². The molecule has 2 aromatic carbocycles. The van der Waals surface area contributed by atoms with Crippen molar-refractivity contribution in [2.75, 3.05) is 0 Å². The maximum Gasteiger partial charge on any atom is 0.128 e. The lowest BCUT2D eigenvalue weighted by Gasteiger charge is -2.30. The Hall–Kier alpha value is -3.54. The highest BCUT2D eigenvalue weighted by molar-refractivity contribution is 5.88. The van der Waals surface area contributed by atoms with Gasteiger partial charge in [-0.15, -0.1) is 0 Å². The summed E-state index contributed by atoms with van der Waals surface area (Å²) in [5, 5.41) is 0. The average Bonchev–Trinajstić information content (AvgIpc) is 3.47. The second-order valence-corrected chi connectivity index (χ2v) is 9.27. The minimum absolute atomic E-state index is 0.356. The first-order valence-corrected chi connectivity index (χ1v) is 11.2. The van der Waals surface area contributed by atoms with Crippen LogP contribution in [0.1, 0.15) is 62.3 Å². The van der Waals surface area contributed by atoms with Crippen LogP contribution in [-0.4, -0.2) is 19.9 Å². The Kier molecular flexibility index (Phi) is 4.18. The van der Waals surface area contributed by atoms with Gasteiger partial charge in [-0.3, -0.25) is 0 Å². The number of nitrogens with zero attached hydrogens (tertiary/aromatic N) is 2. The van der Waals surface area contributed by atoms with E-state index >= 15 is 0 Å². The van der Waals surface area contributed by atoms with Gasteiger partial charge in [0.25, 0.3) is 0 Å². The summed E-state index contributed by atoms with van der Waals surface area (Å²) in [7, 11) is 0. The molecule has 0 saturated heterocycles. The Morgan fingerprint density at radius 1 is 0.688 bits per heavy atom. The predicted molar refractivity (Wildman–Crippen MR) is 124 cm³/mol. The Balaban J connectivity index is 1.44. The normalized spacial score (nSPS) is 13.8. The fourth-order valence-corrected chi connectivity index (χ4v) is 4.54. The van der Waals surface area contributed by atoms with Crippen LogP contribution in [0.5, 0.6) is 11.5 Å². The molecular weight excluding hydrogens is 400 g/mol. The van der Waals surface area contributed by atoms with Gasteiger partial charge in [-0.2, -0.15) is 0 Å². The summed E-state index contributed by atoms with van der Waals surface area (Å²) in [6, 6.07) is 8.61. The van der Waals surface area contributed by atoms with Crippen LogP contribution in [-0.2, 0) is 13.2 Å². The number of rotatable bonds is 4.